The molecule has 1 aromatic rings. The van der Waals surface area contributed by atoms with E-state index in [9.17, 15) is 18.0 Å². The predicted molar refractivity (Wildman–Crippen MR) is 85.6 cm³/mol. The van der Waals surface area contributed by atoms with Crippen molar-refractivity contribution in [2.24, 2.45) is 0 Å². The summed E-state index contributed by atoms with van der Waals surface area (Å²) in [5.74, 6) is -0.208. The topological polar surface area (TPSA) is 32.3 Å². The maximum Gasteiger partial charge on any atom is 0.416 e. The number of halogens is 3. The Balaban J connectivity index is 1.73. The highest BCUT2D eigenvalue weighted by atomic mass is 19.4. The zero-order valence-corrected chi connectivity index (χ0v) is 14.0. The second kappa shape index (κ2) is 5.76. The van der Waals surface area contributed by atoms with Gasteiger partial charge in [0.1, 0.15) is 0 Å². The first-order valence-electron chi connectivity index (χ1n) is 8.35. The first-order valence-corrected chi connectivity index (χ1v) is 8.35. The molecule has 6 heteroatoms. The Morgan fingerprint density at radius 3 is 2.33 bits per heavy atom. The third-order valence-corrected chi connectivity index (χ3v) is 5.19. The minimum absolute atomic E-state index is 0.184. The number of amides is 1. The summed E-state index contributed by atoms with van der Waals surface area (Å²) >= 11 is 0. The molecule has 1 heterocycles. The van der Waals surface area contributed by atoms with Crippen LogP contribution < -0.4 is 5.32 Å². The monoisotopic (exact) mass is 340 g/mol. The van der Waals surface area contributed by atoms with Crippen LogP contribution in [0.15, 0.2) is 24.3 Å². The van der Waals surface area contributed by atoms with E-state index in [1.54, 1.807) is 19.9 Å². The quantitative estimate of drug-likeness (QED) is 0.892. The van der Waals surface area contributed by atoms with Crippen LogP contribution in [0.2, 0.25) is 0 Å². The maximum absolute atomic E-state index is 12.9. The number of likely N-dealkylation sites (tertiary alicyclic amines) is 1. The molecule has 3 nitrogen and oxygen atoms in total. The number of benzene rings is 1. The van der Waals surface area contributed by atoms with E-state index in [1.165, 1.54) is 12.5 Å². The lowest BCUT2D eigenvalue weighted by Gasteiger charge is -2.36. The average Bonchev–Trinajstić information content (AvgIpc) is 3.22. The van der Waals surface area contributed by atoms with E-state index in [4.69, 9.17) is 0 Å². The van der Waals surface area contributed by atoms with Gasteiger partial charge in [-0.15, -0.1) is 0 Å². The van der Waals surface area contributed by atoms with Gasteiger partial charge in [-0.25, -0.2) is 0 Å². The van der Waals surface area contributed by atoms with Crippen LogP contribution in [0.3, 0.4) is 0 Å². The first-order chi connectivity index (χ1) is 11.1. The fourth-order valence-electron chi connectivity index (χ4n) is 3.05. The standard InChI is InChI=1S/C18H23F3N2O/c1-16(2,13-5-3-6-14(11-13)18(19,20)21)15(24)22-17(7-8-17)12-23-9-4-10-23/h3,5-6,11H,4,7-10,12H2,1-2H3,(H,22,24). The molecule has 2 aliphatic rings. The summed E-state index contributed by atoms with van der Waals surface area (Å²) in [6, 6.07) is 5.06. The zero-order chi connectivity index (χ0) is 17.6. The Hall–Kier alpha value is -1.56. The van der Waals surface area contributed by atoms with Gasteiger partial charge in [0.2, 0.25) is 5.91 Å². The van der Waals surface area contributed by atoms with Crippen LogP contribution in [0.5, 0.6) is 0 Å². The smallest absolute Gasteiger partial charge is 0.349 e. The Morgan fingerprint density at radius 2 is 1.83 bits per heavy atom. The number of rotatable bonds is 5. The van der Waals surface area contributed by atoms with Gasteiger partial charge >= 0.3 is 6.18 Å². The van der Waals surface area contributed by atoms with Gasteiger partial charge in [0, 0.05) is 6.54 Å². The Labute approximate surface area is 140 Å². The molecule has 1 saturated heterocycles. The van der Waals surface area contributed by atoms with Crippen molar-refractivity contribution < 1.29 is 18.0 Å². The Morgan fingerprint density at radius 1 is 1.21 bits per heavy atom. The number of alkyl halides is 3. The van der Waals surface area contributed by atoms with E-state index >= 15 is 0 Å². The molecular weight excluding hydrogens is 317 g/mol. The van der Waals surface area contributed by atoms with Crippen LogP contribution in [0.25, 0.3) is 0 Å². The van der Waals surface area contributed by atoms with Crippen LogP contribution in [0.4, 0.5) is 13.2 Å². The van der Waals surface area contributed by atoms with Gasteiger partial charge < -0.3 is 10.2 Å². The molecule has 0 unspecified atom stereocenters. The molecule has 24 heavy (non-hydrogen) atoms. The second-order valence-electron chi connectivity index (χ2n) is 7.57. The van der Waals surface area contributed by atoms with Crippen molar-refractivity contribution in [3.05, 3.63) is 35.4 Å². The van der Waals surface area contributed by atoms with Gasteiger partial charge in [-0.2, -0.15) is 13.2 Å². The van der Waals surface area contributed by atoms with Crippen molar-refractivity contribution in [2.75, 3.05) is 19.6 Å². The number of hydrogen-bond acceptors (Lipinski definition) is 2. The summed E-state index contributed by atoms with van der Waals surface area (Å²) in [4.78, 5) is 15.1. The van der Waals surface area contributed by atoms with E-state index in [-0.39, 0.29) is 11.4 Å². The van der Waals surface area contributed by atoms with Crippen molar-refractivity contribution in [3.8, 4) is 0 Å². The fraction of sp³-hybridized carbons (Fsp3) is 0.611. The zero-order valence-electron chi connectivity index (χ0n) is 14.0. The van der Waals surface area contributed by atoms with Crippen molar-refractivity contribution in [3.63, 3.8) is 0 Å². The molecule has 3 rings (SSSR count). The third kappa shape index (κ3) is 3.43. The van der Waals surface area contributed by atoms with Crippen LogP contribution in [-0.4, -0.2) is 36.0 Å². The highest BCUT2D eigenvalue weighted by Crippen LogP contribution is 2.39. The minimum Gasteiger partial charge on any atom is -0.349 e. The Kier molecular flexibility index (Phi) is 4.14. The Bertz CT molecular complexity index is 631. The summed E-state index contributed by atoms with van der Waals surface area (Å²) in [6.45, 7) is 6.33. The molecule has 0 spiro atoms. The molecule has 1 amide bonds. The molecular formula is C18H23F3N2O. The largest absolute Gasteiger partial charge is 0.416 e. The molecule has 1 aromatic carbocycles. The molecule has 0 aromatic heterocycles. The van der Waals surface area contributed by atoms with E-state index in [0.717, 1.165) is 44.6 Å². The lowest BCUT2D eigenvalue weighted by Crippen LogP contribution is -2.53. The van der Waals surface area contributed by atoms with Gasteiger partial charge in [0.25, 0.3) is 0 Å². The average molecular weight is 340 g/mol. The van der Waals surface area contributed by atoms with E-state index in [1.807, 2.05) is 0 Å². The van der Waals surface area contributed by atoms with Gasteiger partial charge in [0.15, 0.2) is 0 Å². The third-order valence-electron chi connectivity index (χ3n) is 5.19. The van der Waals surface area contributed by atoms with Crippen molar-refractivity contribution in [1.82, 2.24) is 10.2 Å². The van der Waals surface area contributed by atoms with E-state index < -0.39 is 17.2 Å². The molecule has 0 atom stereocenters. The molecule has 0 radical (unpaired) electrons. The number of carbonyl (C=O) groups is 1. The second-order valence-corrected chi connectivity index (χ2v) is 7.57. The molecule has 1 N–H and O–H groups in total. The van der Waals surface area contributed by atoms with Crippen LogP contribution in [0.1, 0.15) is 44.2 Å². The minimum atomic E-state index is -4.40. The summed E-state index contributed by atoms with van der Waals surface area (Å²) in [5.41, 5.74) is -1.53. The van der Waals surface area contributed by atoms with Crippen LogP contribution in [-0.2, 0) is 16.4 Å². The highest BCUT2D eigenvalue weighted by Gasteiger charge is 2.48. The normalized spacial score (nSPS) is 20.4. The number of nitrogens with one attached hydrogen (secondary N) is 1. The van der Waals surface area contributed by atoms with E-state index in [0.29, 0.717) is 5.56 Å². The lowest BCUT2D eigenvalue weighted by atomic mass is 9.82. The molecule has 1 aliphatic heterocycles. The molecule has 1 saturated carbocycles. The maximum atomic E-state index is 12.9. The number of carbonyl (C=O) groups excluding carboxylic acids is 1. The van der Waals surface area contributed by atoms with Gasteiger partial charge in [-0.3, -0.25) is 4.79 Å². The summed E-state index contributed by atoms with van der Waals surface area (Å²) < 4.78 is 38.8. The van der Waals surface area contributed by atoms with Crippen molar-refractivity contribution in [2.45, 2.75) is 50.2 Å². The van der Waals surface area contributed by atoms with Gasteiger partial charge in [-0.05, 0) is 57.8 Å². The number of hydrogen-bond donors (Lipinski definition) is 1. The summed E-state index contributed by atoms with van der Waals surface area (Å²) in [7, 11) is 0. The molecule has 2 fully saturated rings. The first kappa shape index (κ1) is 17.3. The summed E-state index contributed by atoms with van der Waals surface area (Å²) in [6.07, 6.45) is -1.33. The SMILES string of the molecule is CC(C)(C(=O)NC1(CN2CCC2)CC1)c1cccc(C(F)(F)F)c1. The number of nitrogens with zero attached hydrogens (tertiary/aromatic N) is 1. The van der Waals surface area contributed by atoms with Crippen molar-refractivity contribution >= 4 is 5.91 Å². The predicted octanol–water partition coefficient (Wildman–Crippen LogP) is 3.34. The van der Waals surface area contributed by atoms with Gasteiger partial charge in [0.05, 0.1) is 16.5 Å². The van der Waals surface area contributed by atoms with Crippen molar-refractivity contribution in [1.29, 1.82) is 0 Å². The van der Waals surface area contributed by atoms with E-state index in [2.05, 4.69) is 10.2 Å². The van der Waals surface area contributed by atoms with Crippen LogP contribution in [0, 0.1) is 0 Å². The van der Waals surface area contributed by atoms with Gasteiger partial charge in [-0.1, -0.05) is 18.2 Å². The van der Waals surface area contributed by atoms with Crippen LogP contribution >= 0.6 is 0 Å². The summed E-state index contributed by atoms with van der Waals surface area (Å²) in [5, 5.41) is 3.10. The molecule has 1 aliphatic carbocycles. The lowest BCUT2D eigenvalue weighted by molar-refractivity contribution is -0.138. The molecule has 132 valence electrons. The fourth-order valence-corrected chi connectivity index (χ4v) is 3.05. The molecule has 0 bridgehead atoms. The highest BCUT2D eigenvalue weighted by molar-refractivity contribution is 5.88.